The fourth-order valence-corrected chi connectivity index (χ4v) is 4.61. The highest BCUT2D eigenvalue weighted by Gasteiger charge is 2.42. The van der Waals surface area contributed by atoms with Gasteiger partial charge in [-0.15, -0.1) is 0 Å². The number of anilines is 1. The molecule has 0 radical (unpaired) electrons. The fraction of sp³-hybridized carbons (Fsp3) is 0.115. The Morgan fingerprint density at radius 1 is 1.09 bits per heavy atom. The number of carboxylic acids is 1. The van der Waals surface area contributed by atoms with E-state index < -0.39 is 5.97 Å². The van der Waals surface area contributed by atoms with Crippen molar-refractivity contribution in [3.63, 3.8) is 0 Å². The van der Waals surface area contributed by atoms with E-state index in [1.165, 1.54) is 0 Å². The van der Waals surface area contributed by atoms with Gasteiger partial charge >= 0.3 is 5.97 Å². The van der Waals surface area contributed by atoms with Crippen molar-refractivity contribution < 1.29 is 19.4 Å². The van der Waals surface area contributed by atoms with Crippen LogP contribution >= 0.6 is 12.2 Å². The molecule has 0 bridgehead atoms. The number of aromatic nitrogens is 1. The van der Waals surface area contributed by atoms with Gasteiger partial charge in [-0.05, 0) is 85.4 Å². The first kappa shape index (κ1) is 21.7. The maximum Gasteiger partial charge on any atom is 0.335 e. The first-order valence-corrected chi connectivity index (χ1v) is 11.1. The number of nitrogens with zero attached hydrogens (tertiary/aromatic N) is 2. The second-order valence-corrected chi connectivity index (χ2v) is 8.44. The van der Waals surface area contributed by atoms with E-state index in [1.54, 1.807) is 48.7 Å². The topological polar surface area (TPSA) is 98.8 Å². The number of thiocarbonyl (C=S) groups is 1. The Balaban J connectivity index is 1.58. The number of aromatic hydroxyl groups is 1. The molecule has 2 aromatic heterocycles. The number of aryl methyl sites for hydroxylation is 1. The summed E-state index contributed by atoms with van der Waals surface area (Å²) in [7, 11) is 0. The summed E-state index contributed by atoms with van der Waals surface area (Å²) in [4.78, 5) is 17.8. The van der Waals surface area contributed by atoms with E-state index in [-0.39, 0.29) is 23.4 Å². The van der Waals surface area contributed by atoms with Crippen molar-refractivity contribution in [3.05, 3.63) is 102 Å². The molecule has 5 rings (SSSR count). The van der Waals surface area contributed by atoms with E-state index in [0.717, 1.165) is 22.5 Å². The van der Waals surface area contributed by atoms with Gasteiger partial charge in [0, 0.05) is 17.4 Å². The van der Waals surface area contributed by atoms with Gasteiger partial charge in [-0.25, -0.2) is 4.79 Å². The van der Waals surface area contributed by atoms with E-state index in [2.05, 4.69) is 10.3 Å². The van der Waals surface area contributed by atoms with Crippen LogP contribution in [0.15, 0.2) is 83.4 Å². The van der Waals surface area contributed by atoms with Crippen LogP contribution in [0.5, 0.6) is 5.75 Å². The maximum absolute atomic E-state index is 11.3. The molecule has 3 N–H and O–H groups in total. The molecule has 1 fully saturated rings. The van der Waals surface area contributed by atoms with Gasteiger partial charge in [0.1, 0.15) is 23.3 Å². The summed E-state index contributed by atoms with van der Waals surface area (Å²) in [5.41, 5.74) is 3.47. The number of furan rings is 1. The molecular weight excluding hydrogens is 450 g/mol. The van der Waals surface area contributed by atoms with Crippen LogP contribution in [0.1, 0.15) is 39.5 Å². The molecule has 2 aromatic carbocycles. The zero-order chi connectivity index (χ0) is 23.8. The first-order valence-electron chi connectivity index (χ1n) is 10.7. The molecule has 1 aliphatic rings. The molecule has 8 heteroatoms. The van der Waals surface area contributed by atoms with Gasteiger partial charge in [-0.1, -0.05) is 12.1 Å². The summed E-state index contributed by atoms with van der Waals surface area (Å²) in [6, 6.07) is 20.7. The lowest BCUT2D eigenvalue weighted by molar-refractivity contribution is 0.0696. The number of rotatable bonds is 5. The van der Waals surface area contributed by atoms with Gasteiger partial charge in [0.15, 0.2) is 5.11 Å². The molecule has 0 unspecified atom stereocenters. The number of carboxylic acid groups (broad SMARTS) is 1. The lowest BCUT2D eigenvalue weighted by Gasteiger charge is -2.26. The van der Waals surface area contributed by atoms with Gasteiger partial charge in [0.2, 0.25) is 0 Å². The Morgan fingerprint density at radius 3 is 2.56 bits per heavy atom. The predicted molar refractivity (Wildman–Crippen MR) is 132 cm³/mol. The number of phenolic OH excluding ortho intramolecular Hbond substituents is 1. The monoisotopic (exact) mass is 471 g/mol. The Morgan fingerprint density at radius 2 is 1.88 bits per heavy atom. The van der Waals surface area contributed by atoms with Crippen molar-refractivity contribution in [2.45, 2.75) is 19.0 Å². The Bertz CT molecular complexity index is 1370. The standard InChI is InChI=1S/C26H21N3O4S/c1-15-14-16(25(31)32)5-10-19(15)21-11-12-22(33-21)24-23(20-4-2-3-13-27-20)28-26(34)29(24)17-6-8-18(30)9-7-17/h2-14,23-24,30H,1H3,(H,28,34)(H,31,32)/t23-,24-/m1/s1. The van der Waals surface area contributed by atoms with Crippen molar-refractivity contribution in [2.24, 2.45) is 0 Å². The first-order chi connectivity index (χ1) is 16.4. The minimum absolute atomic E-state index is 0.167. The zero-order valence-corrected chi connectivity index (χ0v) is 19.0. The van der Waals surface area contributed by atoms with Crippen LogP contribution in [-0.4, -0.2) is 26.3 Å². The second kappa shape index (κ2) is 8.64. The summed E-state index contributed by atoms with van der Waals surface area (Å²) < 4.78 is 6.34. The minimum Gasteiger partial charge on any atom is -0.508 e. The molecule has 170 valence electrons. The number of aromatic carboxylic acids is 1. The van der Waals surface area contributed by atoms with Crippen LogP contribution in [0.25, 0.3) is 11.3 Å². The molecular formula is C26H21N3O4S. The minimum atomic E-state index is -0.969. The third-order valence-electron chi connectivity index (χ3n) is 5.88. The van der Waals surface area contributed by atoms with Crippen molar-refractivity contribution in [1.82, 2.24) is 10.3 Å². The molecule has 34 heavy (non-hydrogen) atoms. The normalized spacial score (nSPS) is 17.6. The molecule has 1 saturated heterocycles. The van der Waals surface area contributed by atoms with E-state index in [0.29, 0.717) is 16.6 Å². The molecule has 0 saturated carbocycles. The molecule has 0 spiro atoms. The summed E-state index contributed by atoms with van der Waals surface area (Å²) in [6.45, 7) is 1.86. The predicted octanol–water partition coefficient (Wildman–Crippen LogP) is 5.23. The van der Waals surface area contributed by atoms with E-state index in [9.17, 15) is 15.0 Å². The maximum atomic E-state index is 11.3. The van der Waals surface area contributed by atoms with Gasteiger partial charge < -0.3 is 24.8 Å². The Kier molecular flexibility index (Phi) is 5.51. The van der Waals surface area contributed by atoms with Crippen molar-refractivity contribution in [1.29, 1.82) is 0 Å². The summed E-state index contributed by atoms with van der Waals surface area (Å²) in [6.07, 6.45) is 1.74. The van der Waals surface area contributed by atoms with Gasteiger partial charge in [0.05, 0.1) is 17.3 Å². The molecule has 1 aliphatic heterocycles. The van der Waals surface area contributed by atoms with Gasteiger partial charge in [0.25, 0.3) is 0 Å². The number of hydrogen-bond donors (Lipinski definition) is 3. The van der Waals surface area contributed by atoms with Crippen LogP contribution in [0.3, 0.4) is 0 Å². The second-order valence-electron chi connectivity index (χ2n) is 8.05. The largest absolute Gasteiger partial charge is 0.508 e. The quantitative estimate of drug-likeness (QED) is 0.340. The lowest BCUT2D eigenvalue weighted by atomic mass is 10.0. The summed E-state index contributed by atoms with van der Waals surface area (Å²) in [5.74, 6) is 0.503. The highest BCUT2D eigenvalue weighted by atomic mass is 32.1. The Hall–Kier alpha value is -4.17. The third-order valence-corrected chi connectivity index (χ3v) is 6.20. The summed E-state index contributed by atoms with van der Waals surface area (Å²) >= 11 is 5.70. The average molecular weight is 472 g/mol. The van der Waals surface area contributed by atoms with Crippen LogP contribution in [0.2, 0.25) is 0 Å². The van der Waals surface area contributed by atoms with E-state index >= 15 is 0 Å². The van der Waals surface area contributed by atoms with Gasteiger partial charge in [-0.2, -0.15) is 0 Å². The SMILES string of the molecule is Cc1cc(C(=O)O)ccc1-c1ccc([C@@H]2[C@@H](c3ccccn3)NC(=S)N2c2ccc(O)cc2)o1. The number of hydrogen-bond acceptors (Lipinski definition) is 5. The number of phenols is 1. The Labute approximate surface area is 201 Å². The fourth-order valence-electron chi connectivity index (χ4n) is 4.26. The third kappa shape index (κ3) is 3.88. The zero-order valence-electron chi connectivity index (χ0n) is 18.2. The molecule has 3 heterocycles. The number of benzene rings is 2. The van der Waals surface area contributed by atoms with Crippen LogP contribution in [0, 0.1) is 6.92 Å². The van der Waals surface area contributed by atoms with Crippen molar-refractivity contribution >= 4 is 29.0 Å². The van der Waals surface area contributed by atoms with E-state index in [1.807, 2.05) is 42.2 Å². The van der Waals surface area contributed by atoms with E-state index in [4.69, 9.17) is 16.6 Å². The number of pyridine rings is 1. The van der Waals surface area contributed by atoms with Crippen LogP contribution in [0.4, 0.5) is 5.69 Å². The smallest absolute Gasteiger partial charge is 0.335 e. The molecule has 0 amide bonds. The van der Waals surface area contributed by atoms with Gasteiger partial charge in [-0.3, -0.25) is 4.98 Å². The molecule has 0 aliphatic carbocycles. The number of carbonyl (C=O) groups is 1. The molecule has 4 aromatic rings. The number of nitrogens with one attached hydrogen (secondary N) is 1. The highest BCUT2D eigenvalue weighted by Crippen LogP contribution is 2.43. The lowest BCUT2D eigenvalue weighted by Crippen LogP contribution is -2.29. The van der Waals surface area contributed by atoms with Crippen molar-refractivity contribution in [3.8, 4) is 17.1 Å². The van der Waals surface area contributed by atoms with Crippen LogP contribution in [-0.2, 0) is 0 Å². The van der Waals surface area contributed by atoms with Crippen molar-refractivity contribution in [2.75, 3.05) is 4.90 Å². The molecule has 2 atom stereocenters. The molecule has 7 nitrogen and oxygen atoms in total. The van der Waals surface area contributed by atoms with Crippen LogP contribution < -0.4 is 10.2 Å². The average Bonchev–Trinajstić information content (AvgIpc) is 3.44. The summed E-state index contributed by atoms with van der Waals surface area (Å²) in [5, 5.41) is 22.9. The highest BCUT2D eigenvalue weighted by molar-refractivity contribution is 7.80.